The number of hydrogen-bond acceptors (Lipinski definition) is 8. The molecule has 0 radical (unpaired) electrons. The average Bonchev–Trinajstić information content (AvgIpc) is 3.27. The van der Waals surface area contributed by atoms with Crippen molar-refractivity contribution in [1.29, 1.82) is 0 Å². The molecular weight excluding hydrogens is 442 g/mol. The van der Waals surface area contributed by atoms with Crippen LogP contribution < -0.4 is 10.3 Å². The number of imidazole rings is 1. The summed E-state index contributed by atoms with van der Waals surface area (Å²) in [5.74, 6) is 1.03. The molecule has 2 aromatic carbocycles. The van der Waals surface area contributed by atoms with Crippen LogP contribution in [-0.2, 0) is 11.3 Å². The third-order valence-corrected chi connectivity index (χ3v) is 5.86. The molecule has 1 N–H and O–H groups in total. The van der Waals surface area contributed by atoms with E-state index in [1.54, 1.807) is 17.1 Å². The minimum atomic E-state index is -0.0113. The van der Waals surface area contributed by atoms with Crippen molar-refractivity contribution >= 4 is 34.9 Å². The molecule has 178 valence electrons. The van der Waals surface area contributed by atoms with Crippen LogP contribution in [0.5, 0.6) is 0 Å². The molecule has 0 unspecified atom stereocenters. The van der Waals surface area contributed by atoms with E-state index in [0.29, 0.717) is 54.8 Å². The van der Waals surface area contributed by atoms with Gasteiger partial charge in [-0.1, -0.05) is 59.7 Å². The van der Waals surface area contributed by atoms with Gasteiger partial charge in [-0.3, -0.25) is 10.2 Å². The molecule has 1 saturated heterocycles. The lowest BCUT2D eigenvalue weighted by atomic mass is 10.1. The van der Waals surface area contributed by atoms with E-state index in [-0.39, 0.29) is 12.3 Å². The minimum absolute atomic E-state index is 0.0113. The summed E-state index contributed by atoms with van der Waals surface area (Å²) in [4.78, 5) is 29.0. The predicted octanol–water partition coefficient (Wildman–Crippen LogP) is 3.61. The minimum Gasteiger partial charge on any atom is -0.378 e. The van der Waals surface area contributed by atoms with E-state index in [1.807, 2.05) is 62.4 Å². The molecule has 1 aliphatic rings. The molecule has 0 atom stereocenters. The van der Waals surface area contributed by atoms with Crippen LogP contribution in [0, 0.1) is 13.8 Å². The van der Waals surface area contributed by atoms with Gasteiger partial charge < -0.3 is 14.2 Å². The fourth-order valence-corrected chi connectivity index (χ4v) is 3.94. The van der Waals surface area contributed by atoms with Gasteiger partial charge in [-0.15, -0.1) is 0 Å². The van der Waals surface area contributed by atoms with Crippen LogP contribution in [0.2, 0.25) is 0 Å². The number of morpholine rings is 1. The quantitative estimate of drug-likeness (QED) is 0.251. The lowest BCUT2D eigenvalue weighted by Gasteiger charge is -2.27. The summed E-state index contributed by atoms with van der Waals surface area (Å²) in [7, 11) is 0. The fourth-order valence-electron chi connectivity index (χ4n) is 3.94. The average molecular weight is 470 g/mol. The number of hydrogen-bond donors (Lipinski definition) is 1. The lowest BCUT2D eigenvalue weighted by Crippen LogP contribution is -2.37. The number of aryl methyl sites for hydroxylation is 2. The summed E-state index contributed by atoms with van der Waals surface area (Å²) >= 11 is 0. The Labute approximate surface area is 203 Å². The van der Waals surface area contributed by atoms with Crippen LogP contribution in [0.25, 0.3) is 11.2 Å². The van der Waals surface area contributed by atoms with Crippen molar-refractivity contribution in [1.82, 2.24) is 19.5 Å². The molecule has 3 heterocycles. The summed E-state index contributed by atoms with van der Waals surface area (Å²) in [6, 6.07) is 15.6. The van der Waals surface area contributed by atoms with E-state index >= 15 is 0 Å². The first-order valence-corrected chi connectivity index (χ1v) is 11.6. The number of carbonyl (C=O) groups is 1. The number of aromatic nitrogens is 4. The standard InChI is InChI=1S/C26H27N7O2/c1-18-6-8-21(9-7-18)22(34)16-33-17-27-23-24(31-28-15-20-5-3-4-19(2)14-20)29-26(30-25(23)33)32-10-12-35-13-11-32/h3-9,14-15,17H,10-13,16H2,1-2H3,(H,29,30,31)/b28-15+. The highest BCUT2D eigenvalue weighted by Gasteiger charge is 2.20. The number of benzene rings is 2. The van der Waals surface area contributed by atoms with E-state index in [0.717, 1.165) is 16.7 Å². The number of fused-ring (bicyclic) bond motifs is 1. The third-order valence-electron chi connectivity index (χ3n) is 5.86. The summed E-state index contributed by atoms with van der Waals surface area (Å²) in [6.07, 6.45) is 3.37. The number of hydrazone groups is 1. The van der Waals surface area contributed by atoms with Crippen LogP contribution in [0.4, 0.5) is 11.8 Å². The first kappa shape index (κ1) is 22.7. The zero-order chi connectivity index (χ0) is 24.2. The van der Waals surface area contributed by atoms with Crippen molar-refractivity contribution in [3.8, 4) is 0 Å². The molecule has 0 saturated carbocycles. The first-order valence-electron chi connectivity index (χ1n) is 11.6. The van der Waals surface area contributed by atoms with Crippen molar-refractivity contribution in [2.75, 3.05) is 36.6 Å². The molecule has 0 bridgehead atoms. The van der Waals surface area contributed by atoms with Gasteiger partial charge in [-0.2, -0.15) is 15.1 Å². The maximum Gasteiger partial charge on any atom is 0.229 e. The summed E-state index contributed by atoms with van der Waals surface area (Å²) < 4.78 is 7.25. The van der Waals surface area contributed by atoms with E-state index < -0.39 is 0 Å². The number of nitrogens with zero attached hydrogens (tertiary/aromatic N) is 6. The van der Waals surface area contributed by atoms with Crippen LogP contribution >= 0.6 is 0 Å². The molecule has 9 nitrogen and oxygen atoms in total. The summed E-state index contributed by atoms with van der Waals surface area (Å²) in [5, 5.41) is 4.39. The molecule has 5 rings (SSSR count). The van der Waals surface area contributed by atoms with Crippen LogP contribution in [-0.4, -0.2) is 57.8 Å². The topological polar surface area (TPSA) is 97.5 Å². The number of anilines is 2. The number of Topliss-reactive ketones (excluding diaryl/α,β-unsaturated/α-hetero) is 1. The lowest BCUT2D eigenvalue weighted by molar-refractivity contribution is 0.0973. The molecule has 0 aliphatic carbocycles. The van der Waals surface area contributed by atoms with Gasteiger partial charge in [0.25, 0.3) is 0 Å². The largest absolute Gasteiger partial charge is 0.378 e. The van der Waals surface area contributed by atoms with Gasteiger partial charge >= 0.3 is 0 Å². The highest BCUT2D eigenvalue weighted by molar-refractivity contribution is 5.97. The highest BCUT2D eigenvalue weighted by Crippen LogP contribution is 2.24. The maximum absolute atomic E-state index is 12.9. The summed E-state index contributed by atoms with van der Waals surface area (Å²) in [6.45, 7) is 6.77. The second-order valence-electron chi connectivity index (χ2n) is 8.59. The molecule has 35 heavy (non-hydrogen) atoms. The molecule has 0 spiro atoms. The Kier molecular flexibility index (Phi) is 6.49. The zero-order valence-electron chi connectivity index (χ0n) is 19.8. The monoisotopic (exact) mass is 469 g/mol. The van der Waals surface area contributed by atoms with Gasteiger partial charge in [0.1, 0.15) is 0 Å². The first-order chi connectivity index (χ1) is 17.1. The smallest absolute Gasteiger partial charge is 0.229 e. The van der Waals surface area contributed by atoms with Crippen LogP contribution in [0.3, 0.4) is 0 Å². The Morgan fingerprint density at radius 1 is 1.09 bits per heavy atom. The molecule has 1 aliphatic heterocycles. The summed E-state index contributed by atoms with van der Waals surface area (Å²) in [5.41, 5.74) is 8.07. The normalized spacial score (nSPS) is 14.1. The Morgan fingerprint density at radius 3 is 2.66 bits per heavy atom. The molecular formula is C26H27N7O2. The van der Waals surface area contributed by atoms with Crippen molar-refractivity contribution in [3.63, 3.8) is 0 Å². The molecule has 2 aromatic heterocycles. The Morgan fingerprint density at radius 2 is 1.89 bits per heavy atom. The van der Waals surface area contributed by atoms with Crippen molar-refractivity contribution in [3.05, 3.63) is 77.1 Å². The third kappa shape index (κ3) is 5.20. The van der Waals surface area contributed by atoms with E-state index in [9.17, 15) is 4.79 Å². The molecule has 4 aromatic rings. The highest BCUT2D eigenvalue weighted by atomic mass is 16.5. The van der Waals surface area contributed by atoms with Crippen molar-refractivity contribution < 1.29 is 9.53 Å². The second kappa shape index (κ2) is 10.0. The van der Waals surface area contributed by atoms with Crippen molar-refractivity contribution in [2.45, 2.75) is 20.4 Å². The Bertz CT molecular complexity index is 1370. The Hall–Kier alpha value is -4.11. The van der Waals surface area contributed by atoms with Gasteiger partial charge in [0.05, 0.1) is 32.3 Å². The second-order valence-corrected chi connectivity index (χ2v) is 8.59. The van der Waals surface area contributed by atoms with E-state index in [1.165, 1.54) is 0 Å². The number of ether oxygens (including phenoxy) is 1. The van der Waals surface area contributed by atoms with Crippen LogP contribution in [0.1, 0.15) is 27.0 Å². The van der Waals surface area contributed by atoms with Crippen LogP contribution in [0.15, 0.2) is 60.0 Å². The fraction of sp³-hybridized carbons (Fsp3) is 0.269. The van der Waals surface area contributed by atoms with E-state index in [2.05, 4.69) is 20.4 Å². The van der Waals surface area contributed by atoms with E-state index in [4.69, 9.17) is 14.7 Å². The molecule has 9 heteroatoms. The predicted molar refractivity (Wildman–Crippen MR) is 136 cm³/mol. The number of nitrogens with one attached hydrogen (secondary N) is 1. The Balaban J connectivity index is 1.47. The SMILES string of the molecule is Cc1ccc(C(=O)Cn2cnc3c(N/N=C/c4cccc(C)c4)nc(N4CCOCC4)nc32)cc1. The zero-order valence-corrected chi connectivity index (χ0v) is 19.8. The number of carbonyl (C=O) groups excluding carboxylic acids is 1. The molecule has 1 fully saturated rings. The number of ketones is 1. The maximum atomic E-state index is 12.9. The van der Waals surface area contributed by atoms with Gasteiger partial charge in [-0.25, -0.2) is 4.98 Å². The molecule has 0 amide bonds. The number of rotatable bonds is 7. The van der Waals surface area contributed by atoms with Gasteiger partial charge in [0.15, 0.2) is 22.8 Å². The van der Waals surface area contributed by atoms with Gasteiger partial charge in [0, 0.05) is 18.7 Å². The van der Waals surface area contributed by atoms with Gasteiger partial charge in [-0.05, 0) is 19.4 Å². The van der Waals surface area contributed by atoms with Gasteiger partial charge in [0.2, 0.25) is 5.95 Å². The van der Waals surface area contributed by atoms with Crippen molar-refractivity contribution in [2.24, 2.45) is 5.10 Å².